The quantitative estimate of drug-likeness (QED) is 0.656. The van der Waals surface area contributed by atoms with Gasteiger partial charge in [-0.2, -0.15) is 9.78 Å². The number of ether oxygens (including phenoxy) is 1. The number of nitrogens with two attached hydrogens (primary N) is 1. The van der Waals surface area contributed by atoms with Gasteiger partial charge < -0.3 is 15.4 Å². The lowest BCUT2D eigenvalue weighted by molar-refractivity contribution is 0.0672. The molecule has 7 nitrogen and oxygen atoms in total. The molecule has 0 saturated carbocycles. The van der Waals surface area contributed by atoms with Crippen molar-refractivity contribution >= 4 is 45.4 Å². The van der Waals surface area contributed by atoms with Gasteiger partial charge in [0.15, 0.2) is 5.69 Å². The fourth-order valence-electron chi connectivity index (χ4n) is 3.57. The van der Waals surface area contributed by atoms with Crippen molar-refractivity contribution in [1.82, 2.24) is 14.7 Å². The predicted octanol–water partition coefficient (Wildman–Crippen LogP) is 3.28. The second-order valence-corrected chi connectivity index (χ2v) is 7.95. The van der Waals surface area contributed by atoms with Crippen LogP contribution in [-0.4, -0.2) is 47.5 Å². The van der Waals surface area contributed by atoms with Gasteiger partial charge in [0.25, 0.3) is 11.5 Å². The molecule has 0 radical (unpaired) electrons. The molecule has 160 valence electrons. The Kier molecular flexibility index (Phi) is 6.62. The molecule has 1 fully saturated rings. The minimum absolute atomic E-state index is 0. The van der Waals surface area contributed by atoms with Crippen LogP contribution in [0.15, 0.2) is 34.4 Å². The van der Waals surface area contributed by atoms with Gasteiger partial charge in [-0.25, -0.2) is 0 Å². The highest BCUT2D eigenvalue weighted by molar-refractivity contribution is 7.15. The number of nitrogen functional groups attached to an aromatic ring is 1. The third-order valence-corrected chi connectivity index (χ3v) is 6.13. The van der Waals surface area contributed by atoms with Crippen molar-refractivity contribution in [2.24, 2.45) is 5.92 Å². The number of piperidine rings is 1. The number of rotatable bonds is 4. The Morgan fingerprint density at radius 1 is 1.30 bits per heavy atom. The van der Waals surface area contributed by atoms with E-state index in [9.17, 15) is 14.0 Å². The van der Waals surface area contributed by atoms with Crippen LogP contribution < -0.4 is 16.0 Å². The van der Waals surface area contributed by atoms with E-state index in [4.69, 9.17) is 10.5 Å². The van der Waals surface area contributed by atoms with Crippen LogP contribution in [0.3, 0.4) is 0 Å². The highest BCUT2D eigenvalue weighted by atomic mass is 35.5. The van der Waals surface area contributed by atoms with Crippen molar-refractivity contribution < 1.29 is 13.9 Å². The maximum Gasteiger partial charge on any atom is 0.282 e. The lowest BCUT2D eigenvalue weighted by atomic mass is 9.98. The van der Waals surface area contributed by atoms with E-state index in [1.807, 2.05) is 0 Å². The summed E-state index contributed by atoms with van der Waals surface area (Å²) in [6.45, 7) is 0.573. The summed E-state index contributed by atoms with van der Waals surface area (Å²) in [5.41, 5.74) is 6.36. The zero-order chi connectivity index (χ0) is 20.5. The summed E-state index contributed by atoms with van der Waals surface area (Å²) in [5.74, 6) is 0.370. The average Bonchev–Trinajstić information content (AvgIpc) is 3.16. The first-order chi connectivity index (χ1) is 14.0. The smallest absolute Gasteiger partial charge is 0.282 e. The number of amides is 1. The molecule has 0 unspecified atom stereocenters. The van der Waals surface area contributed by atoms with Crippen molar-refractivity contribution in [2.45, 2.75) is 12.8 Å². The predicted molar refractivity (Wildman–Crippen MR) is 118 cm³/mol. The van der Waals surface area contributed by atoms with Crippen LogP contribution in [0.4, 0.5) is 9.39 Å². The van der Waals surface area contributed by atoms with Crippen molar-refractivity contribution in [1.29, 1.82) is 0 Å². The van der Waals surface area contributed by atoms with Gasteiger partial charge in [0.2, 0.25) is 0 Å². The van der Waals surface area contributed by atoms with Gasteiger partial charge in [0.1, 0.15) is 5.75 Å². The maximum atomic E-state index is 13.2. The first-order valence-electron chi connectivity index (χ1n) is 9.33. The fraction of sp³-hybridized carbons (Fsp3) is 0.350. The Morgan fingerprint density at radius 2 is 1.97 bits per heavy atom. The Balaban J connectivity index is 0.00000256. The number of nitrogens with zero attached hydrogens (tertiary/aromatic N) is 3. The number of anilines is 1. The van der Waals surface area contributed by atoms with Crippen molar-refractivity contribution in [3.05, 3.63) is 45.7 Å². The summed E-state index contributed by atoms with van der Waals surface area (Å²) in [4.78, 5) is 27.9. The van der Waals surface area contributed by atoms with Crippen LogP contribution in [0.5, 0.6) is 5.75 Å². The number of carbonyl (C=O) groups is 1. The molecule has 0 spiro atoms. The molecule has 1 saturated heterocycles. The second kappa shape index (κ2) is 9.01. The third-order valence-electron chi connectivity index (χ3n) is 5.32. The molecule has 1 amide bonds. The van der Waals surface area contributed by atoms with Gasteiger partial charge in [0, 0.05) is 23.9 Å². The molecule has 1 aromatic carbocycles. The zero-order valence-electron chi connectivity index (χ0n) is 16.3. The number of benzene rings is 1. The van der Waals surface area contributed by atoms with E-state index < -0.39 is 0 Å². The van der Waals surface area contributed by atoms with Crippen LogP contribution in [0.25, 0.3) is 16.5 Å². The lowest BCUT2D eigenvalue weighted by Gasteiger charge is -2.30. The van der Waals surface area contributed by atoms with Crippen molar-refractivity contribution in [3.63, 3.8) is 0 Å². The first-order valence-corrected chi connectivity index (χ1v) is 10.2. The van der Waals surface area contributed by atoms with Crippen molar-refractivity contribution in [2.75, 3.05) is 32.6 Å². The summed E-state index contributed by atoms with van der Waals surface area (Å²) in [6.07, 6.45) is 1.24. The van der Waals surface area contributed by atoms with Crippen LogP contribution in [0, 0.1) is 5.92 Å². The van der Waals surface area contributed by atoms with Gasteiger partial charge in [-0.3, -0.25) is 14.0 Å². The number of halogens is 2. The minimum Gasteiger partial charge on any atom is -0.497 e. The molecule has 3 heterocycles. The van der Waals surface area contributed by atoms with E-state index in [1.54, 1.807) is 41.7 Å². The fourth-order valence-corrected chi connectivity index (χ4v) is 4.36. The SMILES string of the molecule is COc1ccc(-n2nc(C(=O)N3CCC(CF)CC3)c3csc(N)c3c2=O)cc1.Cl. The van der Waals surface area contributed by atoms with Gasteiger partial charge in [0.05, 0.1) is 29.9 Å². The molecular weight excluding hydrogens is 431 g/mol. The van der Waals surface area contributed by atoms with Gasteiger partial charge in [-0.1, -0.05) is 0 Å². The maximum absolute atomic E-state index is 13.2. The molecule has 30 heavy (non-hydrogen) atoms. The van der Waals surface area contributed by atoms with Crippen molar-refractivity contribution in [3.8, 4) is 11.4 Å². The summed E-state index contributed by atoms with van der Waals surface area (Å²) >= 11 is 1.21. The van der Waals surface area contributed by atoms with E-state index in [-0.39, 0.29) is 42.2 Å². The number of methoxy groups -OCH3 is 1. The minimum atomic E-state index is -0.378. The molecule has 0 atom stereocenters. The highest BCUT2D eigenvalue weighted by Gasteiger charge is 2.28. The van der Waals surface area contributed by atoms with Gasteiger partial charge in [-0.15, -0.1) is 23.7 Å². The van der Waals surface area contributed by atoms with E-state index in [0.717, 1.165) is 0 Å². The molecule has 0 aliphatic carbocycles. The topological polar surface area (TPSA) is 90.5 Å². The molecule has 2 N–H and O–H groups in total. The zero-order valence-corrected chi connectivity index (χ0v) is 18.0. The standard InChI is InChI=1S/C20H21FN4O3S.ClH/c1-28-14-4-2-13(3-5-14)25-19(26)16-15(11-29-18(16)22)17(23-25)20(27)24-8-6-12(10-21)7-9-24;/h2-5,11-12H,6-10,22H2,1H3;1H. The number of fused-ring (bicyclic) bond motifs is 1. The highest BCUT2D eigenvalue weighted by Crippen LogP contribution is 2.29. The third kappa shape index (κ3) is 3.87. The summed E-state index contributed by atoms with van der Waals surface area (Å²) in [6, 6.07) is 6.83. The van der Waals surface area contributed by atoms with Crippen LogP contribution in [0.2, 0.25) is 0 Å². The molecule has 10 heteroatoms. The average molecular weight is 453 g/mol. The monoisotopic (exact) mass is 452 g/mol. The molecule has 3 aromatic rings. The largest absolute Gasteiger partial charge is 0.497 e. The van der Waals surface area contributed by atoms with E-state index in [2.05, 4.69) is 5.10 Å². The van der Waals surface area contributed by atoms with E-state index in [1.165, 1.54) is 16.0 Å². The number of carbonyl (C=O) groups excluding carboxylic acids is 1. The number of alkyl halides is 1. The summed E-state index contributed by atoms with van der Waals surface area (Å²) in [7, 11) is 1.56. The Hall–Kier alpha value is -2.65. The Bertz CT molecular complexity index is 1110. The summed E-state index contributed by atoms with van der Waals surface area (Å²) in [5, 5.41) is 7.20. The van der Waals surface area contributed by atoms with Gasteiger partial charge in [-0.05, 0) is 43.0 Å². The Morgan fingerprint density at radius 3 is 2.57 bits per heavy atom. The number of thiophene rings is 1. The molecule has 1 aliphatic heterocycles. The number of aromatic nitrogens is 2. The number of likely N-dealkylation sites (tertiary alicyclic amines) is 1. The lowest BCUT2D eigenvalue weighted by Crippen LogP contribution is -2.40. The van der Waals surface area contributed by atoms with E-state index in [0.29, 0.717) is 53.1 Å². The molecular formula is C20H22ClFN4O3S. The molecule has 2 aromatic heterocycles. The first kappa shape index (κ1) is 22.0. The number of hydrogen-bond acceptors (Lipinski definition) is 6. The second-order valence-electron chi connectivity index (χ2n) is 7.04. The molecule has 1 aliphatic rings. The van der Waals surface area contributed by atoms with Gasteiger partial charge >= 0.3 is 0 Å². The molecule has 4 rings (SSSR count). The van der Waals surface area contributed by atoms with Crippen LogP contribution in [-0.2, 0) is 0 Å². The van der Waals surface area contributed by atoms with Crippen LogP contribution >= 0.6 is 23.7 Å². The van der Waals surface area contributed by atoms with E-state index >= 15 is 0 Å². The molecule has 0 bridgehead atoms. The summed E-state index contributed by atoms with van der Waals surface area (Å²) < 4.78 is 19.3. The Labute approximate surface area is 182 Å². The van der Waals surface area contributed by atoms with Crippen LogP contribution in [0.1, 0.15) is 23.3 Å². The normalized spacial score (nSPS) is 14.5. The number of hydrogen-bond donors (Lipinski definition) is 1.